The average Bonchev–Trinajstić information content (AvgIpc) is 3.33. The largest absolute Gasteiger partial charge is 0.497 e. The van der Waals surface area contributed by atoms with Gasteiger partial charge in [-0.15, -0.1) is 0 Å². The molecular weight excluding hydrogens is 326 g/mol. The van der Waals surface area contributed by atoms with E-state index in [0.717, 1.165) is 17.0 Å². The van der Waals surface area contributed by atoms with Crippen molar-refractivity contribution in [3.05, 3.63) is 47.9 Å². The van der Waals surface area contributed by atoms with Gasteiger partial charge in [-0.25, -0.2) is 4.98 Å². The molecule has 1 atom stereocenters. The summed E-state index contributed by atoms with van der Waals surface area (Å²) in [6.45, 7) is 1.54. The molecular formula is C17H17N3O5. The first-order chi connectivity index (χ1) is 12.3. The SMILES string of the molecule is COc1ccc(-c2nc(Cc3noc(C4COCCO4)n3)co2)cc1. The van der Waals surface area contributed by atoms with E-state index in [1.54, 1.807) is 13.4 Å². The highest BCUT2D eigenvalue weighted by Gasteiger charge is 2.23. The summed E-state index contributed by atoms with van der Waals surface area (Å²) in [6, 6.07) is 7.50. The van der Waals surface area contributed by atoms with Crippen LogP contribution in [0.1, 0.15) is 23.5 Å². The second kappa shape index (κ2) is 7.04. The Kier molecular flexibility index (Phi) is 4.45. The van der Waals surface area contributed by atoms with Crippen LogP contribution < -0.4 is 4.74 Å². The van der Waals surface area contributed by atoms with Crippen molar-refractivity contribution in [1.29, 1.82) is 0 Å². The molecule has 8 heteroatoms. The zero-order chi connectivity index (χ0) is 17.1. The minimum absolute atomic E-state index is 0.304. The van der Waals surface area contributed by atoms with Gasteiger partial charge in [-0.05, 0) is 24.3 Å². The van der Waals surface area contributed by atoms with Gasteiger partial charge in [-0.3, -0.25) is 0 Å². The molecule has 130 valence electrons. The van der Waals surface area contributed by atoms with E-state index in [4.69, 9.17) is 23.2 Å². The highest BCUT2D eigenvalue weighted by atomic mass is 16.6. The highest BCUT2D eigenvalue weighted by Crippen LogP contribution is 2.23. The lowest BCUT2D eigenvalue weighted by Gasteiger charge is -2.19. The van der Waals surface area contributed by atoms with Crippen molar-refractivity contribution in [1.82, 2.24) is 15.1 Å². The molecule has 0 N–H and O–H groups in total. The number of rotatable bonds is 5. The number of nitrogens with zero attached hydrogens (tertiary/aromatic N) is 3. The molecule has 2 aromatic heterocycles. The summed E-state index contributed by atoms with van der Waals surface area (Å²) in [4.78, 5) is 8.82. The van der Waals surface area contributed by atoms with Crippen LogP contribution >= 0.6 is 0 Å². The molecule has 0 amide bonds. The van der Waals surface area contributed by atoms with Crippen molar-refractivity contribution >= 4 is 0 Å². The lowest BCUT2D eigenvalue weighted by atomic mass is 10.2. The maximum absolute atomic E-state index is 5.54. The molecule has 8 nitrogen and oxygen atoms in total. The van der Waals surface area contributed by atoms with Crippen molar-refractivity contribution in [3.8, 4) is 17.2 Å². The molecule has 0 radical (unpaired) electrons. The molecule has 0 saturated carbocycles. The van der Waals surface area contributed by atoms with Crippen LogP contribution in [-0.4, -0.2) is 42.1 Å². The number of ether oxygens (including phenoxy) is 3. The van der Waals surface area contributed by atoms with Gasteiger partial charge in [0.25, 0.3) is 5.89 Å². The fraction of sp³-hybridized carbons (Fsp3) is 0.353. The van der Waals surface area contributed by atoms with Crippen LogP contribution in [0.25, 0.3) is 11.5 Å². The summed E-state index contributed by atoms with van der Waals surface area (Å²) in [7, 11) is 1.63. The predicted molar refractivity (Wildman–Crippen MR) is 85.1 cm³/mol. The monoisotopic (exact) mass is 343 g/mol. The first-order valence-corrected chi connectivity index (χ1v) is 7.92. The maximum Gasteiger partial charge on any atom is 0.258 e. The van der Waals surface area contributed by atoms with Gasteiger partial charge in [0.15, 0.2) is 11.9 Å². The number of hydrogen-bond acceptors (Lipinski definition) is 8. The number of hydrogen-bond donors (Lipinski definition) is 0. The Morgan fingerprint density at radius 2 is 2.04 bits per heavy atom. The van der Waals surface area contributed by atoms with Crippen molar-refractivity contribution in [2.24, 2.45) is 0 Å². The van der Waals surface area contributed by atoms with Gasteiger partial charge in [0.05, 0.1) is 39.0 Å². The standard InChI is InChI=1S/C17H17N3O5/c1-21-13-4-2-11(3-5-13)16-18-12(9-24-16)8-15-19-17(25-20-15)14-10-22-6-7-23-14/h2-5,9,14H,6-8,10H2,1H3. The van der Waals surface area contributed by atoms with E-state index in [1.165, 1.54) is 0 Å². The van der Waals surface area contributed by atoms with Crippen LogP contribution in [0.5, 0.6) is 5.75 Å². The third-order valence-corrected chi connectivity index (χ3v) is 3.80. The summed E-state index contributed by atoms with van der Waals surface area (Å²) in [5.41, 5.74) is 1.59. The van der Waals surface area contributed by atoms with Crippen molar-refractivity contribution in [3.63, 3.8) is 0 Å². The summed E-state index contributed by atoms with van der Waals surface area (Å²) < 4.78 is 26.8. The first-order valence-electron chi connectivity index (χ1n) is 7.92. The minimum atomic E-state index is -0.304. The summed E-state index contributed by atoms with van der Waals surface area (Å²) in [6.07, 6.45) is 1.70. The normalized spacial score (nSPS) is 17.6. The quantitative estimate of drug-likeness (QED) is 0.697. The molecule has 1 fully saturated rings. The topological polar surface area (TPSA) is 92.6 Å². The van der Waals surface area contributed by atoms with E-state index in [2.05, 4.69) is 15.1 Å². The molecule has 1 aliphatic rings. The van der Waals surface area contributed by atoms with E-state index >= 15 is 0 Å². The van der Waals surface area contributed by atoms with Gasteiger partial charge in [-0.2, -0.15) is 4.98 Å². The fourth-order valence-electron chi connectivity index (χ4n) is 2.52. The summed E-state index contributed by atoms with van der Waals surface area (Å²) >= 11 is 0. The smallest absolute Gasteiger partial charge is 0.258 e. The molecule has 25 heavy (non-hydrogen) atoms. The highest BCUT2D eigenvalue weighted by molar-refractivity contribution is 5.54. The number of benzene rings is 1. The third-order valence-electron chi connectivity index (χ3n) is 3.80. The van der Waals surface area contributed by atoms with Crippen LogP contribution in [0.15, 0.2) is 39.5 Å². The Hall–Kier alpha value is -2.71. The van der Waals surface area contributed by atoms with Crippen LogP contribution in [0.2, 0.25) is 0 Å². The van der Waals surface area contributed by atoms with E-state index in [-0.39, 0.29) is 6.10 Å². The summed E-state index contributed by atoms with van der Waals surface area (Å²) in [5, 5.41) is 3.97. The molecule has 0 spiro atoms. The maximum atomic E-state index is 5.54. The zero-order valence-electron chi connectivity index (χ0n) is 13.7. The van der Waals surface area contributed by atoms with E-state index in [1.807, 2.05) is 24.3 Å². The summed E-state index contributed by atoms with van der Waals surface area (Å²) in [5.74, 6) is 2.27. The minimum Gasteiger partial charge on any atom is -0.497 e. The van der Waals surface area contributed by atoms with E-state index in [0.29, 0.717) is 43.8 Å². The van der Waals surface area contributed by atoms with E-state index in [9.17, 15) is 0 Å². The molecule has 1 aromatic carbocycles. The Balaban J connectivity index is 1.44. The van der Waals surface area contributed by atoms with Crippen LogP contribution in [-0.2, 0) is 15.9 Å². The van der Waals surface area contributed by atoms with Gasteiger partial charge < -0.3 is 23.2 Å². The molecule has 3 aromatic rings. The average molecular weight is 343 g/mol. The lowest BCUT2D eigenvalue weighted by Crippen LogP contribution is -2.22. The van der Waals surface area contributed by atoms with Crippen LogP contribution in [0, 0.1) is 0 Å². The van der Waals surface area contributed by atoms with E-state index < -0.39 is 0 Å². The van der Waals surface area contributed by atoms with Gasteiger partial charge in [0.2, 0.25) is 5.89 Å². The second-order valence-electron chi connectivity index (χ2n) is 5.53. The predicted octanol–water partition coefficient (Wildman–Crippen LogP) is 2.41. The Bertz CT molecular complexity index is 821. The molecule has 1 aliphatic heterocycles. The third kappa shape index (κ3) is 3.54. The van der Waals surface area contributed by atoms with Gasteiger partial charge in [0.1, 0.15) is 12.0 Å². The fourth-order valence-corrected chi connectivity index (χ4v) is 2.52. The number of oxazole rings is 1. The molecule has 1 saturated heterocycles. The number of aromatic nitrogens is 3. The van der Waals surface area contributed by atoms with Crippen LogP contribution in [0.3, 0.4) is 0 Å². The molecule has 0 aliphatic carbocycles. The van der Waals surface area contributed by atoms with Gasteiger partial charge >= 0.3 is 0 Å². The Morgan fingerprint density at radius 3 is 2.80 bits per heavy atom. The van der Waals surface area contributed by atoms with Gasteiger partial charge in [0, 0.05) is 5.56 Å². The zero-order valence-corrected chi connectivity index (χ0v) is 13.7. The van der Waals surface area contributed by atoms with Crippen molar-refractivity contribution < 1.29 is 23.2 Å². The van der Waals surface area contributed by atoms with Crippen LogP contribution in [0.4, 0.5) is 0 Å². The Labute approximate surface area is 143 Å². The lowest BCUT2D eigenvalue weighted by molar-refractivity contribution is -0.101. The molecule has 1 unspecified atom stereocenters. The van der Waals surface area contributed by atoms with Crippen molar-refractivity contribution in [2.75, 3.05) is 26.9 Å². The second-order valence-corrected chi connectivity index (χ2v) is 5.53. The number of methoxy groups -OCH3 is 1. The first kappa shape index (κ1) is 15.8. The van der Waals surface area contributed by atoms with Gasteiger partial charge in [-0.1, -0.05) is 5.16 Å². The van der Waals surface area contributed by atoms with Crippen molar-refractivity contribution in [2.45, 2.75) is 12.5 Å². The Morgan fingerprint density at radius 1 is 1.16 bits per heavy atom. The molecule has 4 rings (SSSR count). The molecule has 3 heterocycles. The molecule has 0 bridgehead atoms.